The fourth-order valence-corrected chi connectivity index (χ4v) is 3.99. The smallest absolute Gasteiger partial charge is 0.240 e. The third kappa shape index (κ3) is 5.84. The van der Waals surface area contributed by atoms with Crippen molar-refractivity contribution < 1.29 is 14.3 Å². The summed E-state index contributed by atoms with van der Waals surface area (Å²) in [5, 5.41) is 5.63. The summed E-state index contributed by atoms with van der Waals surface area (Å²) in [4.78, 5) is 29.3. The van der Waals surface area contributed by atoms with Crippen molar-refractivity contribution in [3.05, 3.63) is 53.6 Å². The molecule has 7 heteroatoms. The lowest BCUT2D eigenvalue weighted by Gasteiger charge is -2.12. The summed E-state index contributed by atoms with van der Waals surface area (Å²) < 4.78 is 5.66. The standard InChI is InChI=1S/C22H25N3O3S/c1-4-9-28-18-8-6-5-7-17(18)24-20(26)13-19-21(27)25-22(29-19)23-16-11-14(2)10-15(3)12-16/h5-8,10-12,19H,4,9,13H2,1-3H3,(H,24,26)(H,23,25,27)/t19-/m0/s1. The number of hydrogen-bond donors (Lipinski definition) is 2. The number of aryl methyl sites for hydroxylation is 2. The number of nitrogens with one attached hydrogen (secondary N) is 2. The molecule has 2 amide bonds. The molecule has 3 rings (SSSR count). The minimum absolute atomic E-state index is 0.0600. The summed E-state index contributed by atoms with van der Waals surface area (Å²) in [5.41, 5.74) is 3.62. The van der Waals surface area contributed by atoms with E-state index >= 15 is 0 Å². The Morgan fingerprint density at radius 1 is 1.21 bits per heavy atom. The van der Waals surface area contributed by atoms with Gasteiger partial charge in [0.25, 0.3) is 0 Å². The summed E-state index contributed by atoms with van der Waals surface area (Å²) in [6.45, 7) is 6.61. The molecule has 0 aromatic heterocycles. The minimum atomic E-state index is -0.511. The molecule has 0 bridgehead atoms. The van der Waals surface area contributed by atoms with Gasteiger partial charge < -0.3 is 15.4 Å². The molecule has 0 saturated carbocycles. The molecular weight excluding hydrogens is 386 g/mol. The van der Waals surface area contributed by atoms with Crippen LogP contribution < -0.4 is 15.4 Å². The number of carbonyl (C=O) groups excluding carboxylic acids is 2. The van der Waals surface area contributed by atoms with Crippen molar-refractivity contribution in [2.45, 2.75) is 38.9 Å². The number of amidine groups is 1. The number of rotatable bonds is 7. The van der Waals surface area contributed by atoms with E-state index in [9.17, 15) is 9.59 Å². The molecule has 0 unspecified atom stereocenters. The van der Waals surface area contributed by atoms with Crippen LogP contribution in [-0.4, -0.2) is 28.8 Å². The number of hydrogen-bond acceptors (Lipinski definition) is 5. The number of amides is 2. The maximum Gasteiger partial charge on any atom is 0.240 e. The van der Waals surface area contributed by atoms with Gasteiger partial charge in [-0.25, -0.2) is 4.99 Å². The van der Waals surface area contributed by atoms with Crippen LogP contribution in [0.3, 0.4) is 0 Å². The number of carbonyl (C=O) groups is 2. The van der Waals surface area contributed by atoms with E-state index < -0.39 is 5.25 Å². The van der Waals surface area contributed by atoms with E-state index in [0.717, 1.165) is 23.2 Å². The molecule has 0 spiro atoms. The van der Waals surface area contributed by atoms with Gasteiger partial charge in [0.2, 0.25) is 11.8 Å². The number of thioether (sulfide) groups is 1. The van der Waals surface area contributed by atoms with Crippen LogP contribution >= 0.6 is 11.8 Å². The van der Waals surface area contributed by atoms with Gasteiger partial charge in [0.05, 0.1) is 18.0 Å². The molecule has 1 saturated heterocycles. The number of anilines is 1. The molecule has 1 atom stereocenters. The first-order valence-corrected chi connectivity index (χ1v) is 10.5. The van der Waals surface area contributed by atoms with Crippen LogP contribution in [0, 0.1) is 13.8 Å². The van der Waals surface area contributed by atoms with Crippen LogP contribution in [0.4, 0.5) is 11.4 Å². The molecule has 2 aromatic rings. The number of ether oxygens (including phenoxy) is 1. The van der Waals surface area contributed by atoms with E-state index in [0.29, 0.717) is 23.2 Å². The molecule has 29 heavy (non-hydrogen) atoms. The van der Waals surface area contributed by atoms with E-state index in [1.807, 2.05) is 51.1 Å². The van der Waals surface area contributed by atoms with Crippen molar-refractivity contribution in [3.63, 3.8) is 0 Å². The molecule has 1 fully saturated rings. The number of para-hydroxylation sites is 2. The second kappa shape index (κ2) is 9.60. The lowest BCUT2D eigenvalue weighted by Crippen LogP contribution is -2.28. The predicted octanol–water partition coefficient (Wildman–Crippen LogP) is 4.34. The SMILES string of the molecule is CCCOc1ccccc1NC(=O)C[C@@H]1SC(=Nc2cc(C)cc(C)c2)NC1=O. The molecule has 1 heterocycles. The van der Waals surface area contributed by atoms with E-state index in [4.69, 9.17) is 4.74 Å². The summed E-state index contributed by atoms with van der Waals surface area (Å²) in [6, 6.07) is 13.3. The summed E-state index contributed by atoms with van der Waals surface area (Å²) >= 11 is 1.28. The van der Waals surface area contributed by atoms with Crippen LogP contribution in [0.15, 0.2) is 47.5 Å². The van der Waals surface area contributed by atoms with E-state index in [1.54, 1.807) is 6.07 Å². The highest BCUT2D eigenvalue weighted by Crippen LogP contribution is 2.28. The molecule has 2 aromatic carbocycles. The van der Waals surface area contributed by atoms with Gasteiger partial charge in [-0.2, -0.15) is 0 Å². The lowest BCUT2D eigenvalue weighted by atomic mass is 10.1. The van der Waals surface area contributed by atoms with Crippen molar-refractivity contribution >= 4 is 40.1 Å². The van der Waals surface area contributed by atoms with E-state index in [2.05, 4.69) is 21.7 Å². The topological polar surface area (TPSA) is 79.8 Å². The highest BCUT2D eigenvalue weighted by Gasteiger charge is 2.32. The Morgan fingerprint density at radius 3 is 2.66 bits per heavy atom. The van der Waals surface area contributed by atoms with Gasteiger partial charge in [0.15, 0.2) is 5.17 Å². The first-order chi connectivity index (χ1) is 13.9. The van der Waals surface area contributed by atoms with Gasteiger partial charge in [-0.1, -0.05) is 36.9 Å². The fourth-order valence-electron chi connectivity index (χ4n) is 3.00. The molecule has 2 N–H and O–H groups in total. The lowest BCUT2D eigenvalue weighted by molar-refractivity contribution is -0.122. The normalized spacial score (nSPS) is 17.3. The van der Waals surface area contributed by atoms with Gasteiger partial charge in [0.1, 0.15) is 11.0 Å². The highest BCUT2D eigenvalue weighted by molar-refractivity contribution is 8.15. The second-order valence-electron chi connectivity index (χ2n) is 6.96. The number of aliphatic imine (C=N–C) groups is 1. The fraction of sp³-hybridized carbons (Fsp3) is 0.318. The van der Waals surface area contributed by atoms with E-state index in [1.165, 1.54) is 11.8 Å². The molecule has 0 radical (unpaired) electrons. The van der Waals surface area contributed by atoms with Gasteiger partial charge >= 0.3 is 0 Å². The first-order valence-electron chi connectivity index (χ1n) is 9.61. The number of benzene rings is 2. The maximum absolute atomic E-state index is 12.5. The Balaban J connectivity index is 1.63. The molecule has 152 valence electrons. The summed E-state index contributed by atoms with van der Waals surface area (Å²) in [5.74, 6) is 0.185. The zero-order valence-corrected chi connectivity index (χ0v) is 17.6. The van der Waals surface area contributed by atoms with Crippen molar-refractivity contribution in [2.75, 3.05) is 11.9 Å². The van der Waals surface area contributed by atoms with Crippen LogP contribution in [0.2, 0.25) is 0 Å². The largest absolute Gasteiger partial charge is 0.491 e. The third-order valence-electron chi connectivity index (χ3n) is 4.21. The first kappa shape index (κ1) is 20.9. The van der Waals surface area contributed by atoms with Crippen LogP contribution in [0.1, 0.15) is 30.9 Å². The Bertz CT molecular complexity index is 922. The highest BCUT2D eigenvalue weighted by atomic mass is 32.2. The average Bonchev–Trinajstić information content (AvgIpc) is 2.98. The Morgan fingerprint density at radius 2 is 1.93 bits per heavy atom. The molecule has 1 aliphatic rings. The van der Waals surface area contributed by atoms with Crippen molar-refractivity contribution in [1.82, 2.24) is 5.32 Å². The van der Waals surface area contributed by atoms with Crippen LogP contribution in [0.25, 0.3) is 0 Å². The third-order valence-corrected chi connectivity index (χ3v) is 5.29. The van der Waals surface area contributed by atoms with Gasteiger partial charge in [-0.3, -0.25) is 9.59 Å². The van der Waals surface area contributed by atoms with E-state index in [-0.39, 0.29) is 18.2 Å². The zero-order valence-electron chi connectivity index (χ0n) is 16.8. The van der Waals surface area contributed by atoms with Crippen LogP contribution in [-0.2, 0) is 9.59 Å². The monoisotopic (exact) mass is 411 g/mol. The molecule has 0 aliphatic carbocycles. The summed E-state index contributed by atoms with van der Waals surface area (Å²) in [7, 11) is 0. The van der Waals surface area contributed by atoms with Crippen molar-refractivity contribution in [2.24, 2.45) is 4.99 Å². The molecular formula is C22H25N3O3S. The maximum atomic E-state index is 12.5. The molecule has 1 aliphatic heterocycles. The quantitative estimate of drug-likeness (QED) is 0.710. The second-order valence-corrected chi connectivity index (χ2v) is 8.15. The Hall–Kier alpha value is -2.80. The van der Waals surface area contributed by atoms with Crippen molar-refractivity contribution in [3.8, 4) is 5.75 Å². The molecule has 6 nitrogen and oxygen atoms in total. The predicted molar refractivity (Wildman–Crippen MR) is 118 cm³/mol. The number of nitrogens with zero attached hydrogens (tertiary/aromatic N) is 1. The summed E-state index contributed by atoms with van der Waals surface area (Å²) in [6.07, 6.45) is 0.939. The minimum Gasteiger partial charge on any atom is -0.491 e. The van der Waals surface area contributed by atoms with Crippen molar-refractivity contribution in [1.29, 1.82) is 0 Å². The van der Waals surface area contributed by atoms with Crippen LogP contribution in [0.5, 0.6) is 5.75 Å². The average molecular weight is 412 g/mol. The van der Waals surface area contributed by atoms with Gasteiger partial charge in [-0.05, 0) is 55.7 Å². The Kier molecular flexibility index (Phi) is 6.93. The van der Waals surface area contributed by atoms with Gasteiger partial charge in [0, 0.05) is 6.42 Å². The zero-order chi connectivity index (χ0) is 20.8. The Labute approximate surface area is 175 Å². The van der Waals surface area contributed by atoms with Gasteiger partial charge in [-0.15, -0.1) is 0 Å².